The van der Waals surface area contributed by atoms with Crippen molar-refractivity contribution in [2.45, 2.75) is 32.2 Å². The van der Waals surface area contributed by atoms with Gasteiger partial charge in [-0.05, 0) is 36.2 Å². The smallest absolute Gasteiger partial charge is 0.329 e. The fourth-order valence-corrected chi connectivity index (χ4v) is 2.38. The van der Waals surface area contributed by atoms with Gasteiger partial charge in [-0.3, -0.25) is 4.79 Å². The second kappa shape index (κ2) is 5.95. The Morgan fingerprint density at radius 1 is 1.14 bits per heavy atom. The topological polar surface area (TPSA) is 66.4 Å². The molecule has 0 saturated carbocycles. The van der Waals surface area contributed by atoms with E-state index in [1.54, 1.807) is 12.1 Å². The van der Waals surface area contributed by atoms with Gasteiger partial charge < -0.3 is 10.4 Å². The average Bonchev–Trinajstić information content (AvgIpc) is 2.46. The zero-order valence-corrected chi connectivity index (χ0v) is 12.2. The number of hydrogen-bond acceptors (Lipinski definition) is 2. The summed E-state index contributed by atoms with van der Waals surface area (Å²) in [6.45, 7) is 3.43. The minimum Gasteiger partial charge on any atom is -0.480 e. The maximum atomic E-state index is 12.3. The first-order valence-corrected chi connectivity index (χ1v) is 7.01. The summed E-state index contributed by atoms with van der Waals surface area (Å²) in [6, 6.07) is 13.1. The third-order valence-electron chi connectivity index (χ3n) is 3.62. The SMILES string of the molecule is CCCC(C)(NC(=O)c1ccc2ccccc2c1)C(=O)O. The Kier molecular flexibility index (Phi) is 4.26. The van der Waals surface area contributed by atoms with E-state index < -0.39 is 11.5 Å². The van der Waals surface area contributed by atoms with Crippen LogP contribution in [0, 0.1) is 0 Å². The van der Waals surface area contributed by atoms with E-state index in [2.05, 4.69) is 5.32 Å². The van der Waals surface area contributed by atoms with Gasteiger partial charge >= 0.3 is 5.97 Å². The third-order valence-corrected chi connectivity index (χ3v) is 3.62. The fourth-order valence-electron chi connectivity index (χ4n) is 2.38. The van der Waals surface area contributed by atoms with Gasteiger partial charge in [-0.1, -0.05) is 43.7 Å². The molecule has 0 fully saturated rings. The van der Waals surface area contributed by atoms with Crippen molar-refractivity contribution in [1.82, 2.24) is 5.32 Å². The highest BCUT2D eigenvalue weighted by molar-refractivity contribution is 6.00. The molecule has 1 amide bonds. The first-order chi connectivity index (χ1) is 9.96. The largest absolute Gasteiger partial charge is 0.480 e. The summed E-state index contributed by atoms with van der Waals surface area (Å²) in [5.41, 5.74) is -0.769. The van der Waals surface area contributed by atoms with Crippen molar-refractivity contribution < 1.29 is 14.7 Å². The van der Waals surface area contributed by atoms with Crippen LogP contribution in [0.2, 0.25) is 0 Å². The van der Waals surface area contributed by atoms with E-state index in [-0.39, 0.29) is 5.91 Å². The van der Waals surface area contributed by atoms with Crippen LogP contribution < -0.4 is 5.32 Å². The fraction of sp³-hybridized carbons (Fsp3) is 0.294. The van der Waals surface area contributed by atoms with Crippen LogP contribution in [0.5, 0.6) is 0 Å². The van der Waals surface area contributed by atoms with Gasteiger partial charge in [-0.2, -0.15) is 0 Å². The number of carbonyl (C=O) groups excluding carboxylic acids is 1. The molecule has 0 aliphatic carbocycles. The summed E-state index contributed by atoms with van der Waals surface area (Å²) in [4.78, 5) is 23.7. The maximum absolute atomic E-state index is 12.3. The molecule has 4 heteroatoms. The molecular formula is C17H19NO3. The monoisotopic (exact) mass is 285 g/mol. The van der Waals surface area contributed by atoms with Gasteiger partial charge in [0.25, 0.3) is 5.91 Å². The number of amides is 1. The van der Waals surface area contributed by atoms with Crippen molar-refractivity contribution in [2.75, 3.05) is 0 Å². The molecule has 0 aliphatic heterocycles. The molecule has 0 heterocycles. The molecule has 2 aromatic rings. The molecule has 0 aromatic heterocycles. The van der Waals surface area contributed by atoms with E-state index in [0.717, 1.165) is 10.8 Å². The Balaban J connectivity index is 2.27. The molecule has 0 spiro atoms. The predicted molar refractivity (Wildman–Crippen MR) is 82.4 cm³/mol. The van der Waals surface area contributed by atoms with Gasteiger partial charge in [0.05, 0.1) is 0 Å². The molecule has 2 N–H and O–H groups in total. The van der Waals surface area contributed by atoms with Crippen molar-refractivity contribution in [2.24, 2.45) is 0 Å². The number of rotatable bonds is 5. The Hall–Kier alpha value is -2.36. The highest BCUT2D eigenvalue weighted by atomic mass is 16.4. The lowest BCUT2D eigenvalue weighted by molar-refractivity contribution is -0.144. The number of hydrogen-bond donors (Lipinski definition) is 2. The number of aliphatic carboxylic acids is 1. The number of carbonyl (C=O) groups is 2. The van der Waals surface area contributed by atoms with Crippen LogP contribution in [-0.4, -0.2) is 22.5 Å². The maximum Gasteiger partial charge on any atom is 0.329 e. The highest BCUT2D eigenvalue weighted by Gasteiger charge is 2.34. The summed E-state index contributed by atoms with van der Waals surface area (Å²) in [5, 5.41) is 14.0. The minimum atomic E-state index is -1.24. The Labute approximate surface area is 123 Å². The van der Waals surface area contributed by atoms with Gasteiger partial charge in [-0.25, -0.2) is 4.79 Å². The van der Waals surface area contributed by atoms with Crippen LogP contribution in [0.1, 0.15) is 37.0 Å². The molecule has 0 saturated heterocycles. The van der Waals surface area contributed by atoms with Gasteiger partial charge in [0, 0.05) is 5.56 Å². The van der Waals surface area contributed by atoms with Gasteiger partial charge in [0.1, 0.15) is 5.54 Å². The number of carboxylic acids is 1. The third kappa shape index (κ3) is 3.21. The van der Waals surface area contributed by atoms with E-state index in [9.17, 15) is 14.7 Å². The first kappa shape index (κ1) is 15.0. The first-order valence-electron chi connectivity index (χ1n) is 7.01. The molecule has 1 atom stereocenters. The Morgan fingerprint density at radius 2 is 1.81 bits per heavy atom. The number of carboxylic acid groups (broad SMARTS) is 1. The van der Waals surface area contributed by atoms with Crippen molar-refractivity contribution in [1.29, 1.82) is 0 Å². The van der Waals surface area contributed by atoms with E-state index in [4.69, 9.17) is 0 Å². The van der Waals surface area contributed by atoms with Gasteiger partial charge in [-0.15, -0.1) is 0 Å². The van der Waals surface area contributed by atoms with E-state index in [1.807, 2.05) is 37.3 Å². The zero-order chi connectivity index (χ0) is 15.5. The van der Waals surface area contributed by atoms with Crippen LogP contribution in [-0.2, 0) is 4.79 Å². The van der Waals surface area contributed by atoms with E-state index in [0.29, 0.717) is 18.4 Å². The lowest BCUT2D eigenvalue weighted by Gasteiger charge is -2.25. The standard InChI is InChI=1S/C17H19NO3/c1-3-10-17(2,16(20)21)18-15(19)14-9-8-12-6-4-5-7-13(12)11-14/h4-9,11H,3,10H2,1-2H3,(H,18,19)(H,20,21). The molecule has 2 rings (SSSR count). The van der Waals surface area contributed by atoms with E-state index >= 15 is 0 Å². The van der Waals surface area contributed by atoms with Gasteiger partial charge in [0.2, 0.25) is 0 Å². The quantitative estimate of drug-likeness (QED) is 0.886. The summed E-state index contributed by atoms with van der Waals surface area (Å²) >= 11 is 0. The molecule has 0 aliphatic rings. The number of nitrogens with one attached hydrogen (secondary N) is 1. The molecular weight excluding hydrogens is 266 g/mol. The second-order valence-corrected chi connectivity index (χ2v) is 5.40. The number of fused-ring (bicyclic) bond motifs is 1. The van der Waals surface area contributed by atoms with E-state index in [1.165, 1.54) is 6.92 Å². The lowest BCUT2D eigenvalue weighted by atomic mass is 9.95. The summed E-state index contributed by atoms with van der Waals surface area (Å²) in [7, 11) is 0. The molecule has 0 bridgehead atoms. The highest BCUT2D eigenvalue weighted by Crippen LogP contribution is 2.18. The Morgan fingerprint density at radius 3 is 2.43 bits per heavy atom. The normalized spacial score (nSPS) is 13.6. The molecule has 0 radical (unpaired) electrons. The molecule has 2 aromatic carbocycles. The summed E-state index contributed by atoms with van der Waals surface area (Å²) in [5.74, 6) is -1.38. The van der Waals surface area contributed by atoms with Crippen molar-refractivity contribution >= 4 is 22.6 Å². The molecule has 21 heavy (non-hydrogen) atoms. The molecule has 110 valence electrons. The lowest BCUT2D eigenvalue weighted by Crippen LogP contribution is -2.52. The second-order valence-electron chi connectivity index (χ2n) is 5.40. The van der Waals surface area contributed by atoms with Crippen LogP contribution >= 0.6 is 0 Å². The van der Waals surface area contributed by atoms with Crippen LogP contribution in [0.4, 0.5) is 0 Å². The van der Waals surface area contributed by atoms with Gasteiger partial charge in [0.15, 0.2) is 0 Å². The predicted octanol–water partition coefficient (Wildman–Crippen LogP) is 3.21. The van der Waals surface area contributed by atoms with Crippen LogP contribution in [0.15, 0.2) is 42.5 Å². The van der Waals surface area contributed by atoms with Crippen molar-refractivity contribution in [3.05, 3.63) is 48.0 Å². The summed E-state index contributed by atoms with van der Waals surface area (Å²) < 4.78 is 0. The van der Waals surface area contributed by atoms with Crippen LogP contribution in [0.3, 0.4) is 0 Å². The molecule has 1 unspecified atom stereocenters. The molecule has 4 nitrogen and oxygen atoms in total. The van der Waals surface area contributed by atoms with Crippen molar-refractivity contribution in [3.63, 3.8) is 0 Å². The number of benzene rings is 2. The summed E-state index contributed by atoms with van der Waals surface area (Å²) in [6.07, 6.45) is 1.07. The van der Waals surface area contributed by atoms with Crippen LogP contribution in [0.25, 0.3) is 10.8 Å². The Bertz CT molecular complexity index is 681. The zero-order valence-electron chi connectivity index (χ0n) is 12.2. The minimum absolute atomic E-state index is 0.362. The van der Waals surface area contributed by atoms with Crippen molar-refractivity contribution in [3.8, 4) is 0 Å². The average molecular weight is 285 g/mol.